The number of piperazine rings is 1. The van der Waals surface area contributed by atoms with E-state index < -0.39 is 26.7 Å². The zero-order valence-electron chi connectivity index (χ0n) is 17.1. The minimum absolute atomic E-state index is 0.0800. The quantitative estimate of drug-likeness (QED) is 0.706. The maximum absolute atomic E-state index is 13.3. The van der Waals surface area contributed by atoms with Crippen molar-refractivity contribution in [2.75, 3.05) is 49.1 Å². The molecule has 3 heterocycles. The van der Waals surface area contributed by atoms with Crippen LogP contribution in [0.3, 0.4) is 0 Å². The molecule has 31 heavy (non-hydrogen) atoms. The lowest BCUT2D eigenvalue weighted by Crippen LogP contribution is -2.49. The summed E-state index contributed by atoms with van der Waals surface area (Å²) in [5, 5.41) is 0. The first kappa shape index (κ1) is 21.8. The van der Waals surface area contributed by atoms with E-state index in [4.69, 9.17) is 0 Å². The highest BCUT2D eigenvalue weighted by Gasteiger charge is 2.39. The Labute approximate surface area is 179 Å². The predicted molar refractivity (Wildman–Crippen MR) is 111 cm³/mol. The molecule has 1 aromatic carbocycles. The monoisotopic (exact) mass is 455 g/mol. The Balaban J connectivity index is 1.52. The number of nitrogens with zero attached hydrogens (tertiary/aromatic N) is 5. The smallest absolute Gasteiger partial charge is 0.356 e. The second-order valence-electron chi connectivity index (χ2n) is 7.71. The molecule has 0 saturated carbocycles. The van der Waals surface area contributed by atoms with Crippen LogP contribution in [0.15, 0.2) is 35.2 Å². The highest BCUT2D eigenvalue weighted by molar-refractivity contribution is 7.89. The third-order valence-corrected chi connectivity index (χ3v) is 7.57. The summed E-state index contributed by atoms with van der Waals surface area (Å²) >= 11 is 0. The van der Waals surface area contributed by atoms with Gasteiger partial charge in [-0.25, -0.2) is 18.4 Å². The molecule has 2 fully saturated rings. The van der Waals surface area contributed by atoms with E-state index in [1.165, 1.54) is 12.1 Å². The molecule has 11 heteroatoms. The fourth-order valence-corrected chi connectivity index (χ4v) is 5.66. The van der Waals surface area contributed by atoms with Gasteiger partial charge in [-0.3, -0.25) is 0 Å². The molecule has 2 saturated heterocycles. The molecule has 0 spiro atoms. The molecule has 0 N–H and O–H groups in total. The van der Waals surface area contributed by atoms with Crippen LogP contribution in [0.2, 0.25) is 0 Å². The molecular formula is C20H24F3N5O2S. The Morgan fingerprint density at radius 2 is 1.42 bits per heavy atom. The van der Waals surface area contributed by atoms with E-state index in [1.54, 1.807) is 0 Å². The van der Waals surface area contributed by atoms with Gasteiger partial charge in [-0.1, -0.05) is 12.1 Å². The largest absolute Gasteiger partial charge is 0.417 e. The summed E-state index contributed by atoms with van der Waals surface area (Å²) < 4.78 is 67.0. The number of aryl methyl sites for hydroxylation is 1. The Hall–Kier alpha value is -2.40. The van der Waals surface area contributed by atoms with Crippen molar-refractivity contribution in [2.45, 2.75) is 30.8 Å². The molecule has 1 aromatic heterocycles. The van der Waals surface area contributed by atoms with Gasteiger partial charge in [-0.2, -0.15) is 17.5 Å². The number of aromatic nitrogens is 2. The zero-order chi connectivity index (χ0) is 22.2. The maximum Gasteiger partial charge on any atom is 0.417 e. The first-order valence-electron chi connectivity index (χ1n) is 10.2. The molecule has 7 nitrogen and oxygen atoms in total. The van der Waals surface area contributed by atoms with Crippen LogP contribution in [-0.2, 0) is 16.2 Å². The van der Waals surface area contributed by atoms with Crippen molar-refractivity contribution in [2.24, 2.45) is 0 Å². The van der Waals surface area contributed by atoms with Crippen LogP contribution in [0.5, 0.6) is 0 Å². The number of sulfonamides is 1. The second-order valence-corrected chi connectivity index (χ2v) is 9.62. The number of halogens is 3. The molecule has 4 rings (SSSR count). The van der Waals surface area contributed by atoms with Crippen LogP contribution in [0.4, 0.5) is 24.8 Å². The van der Waals surface area contributed by atoms with E-state index in [-0.39, 0.29) is 13.1 Å². The van der Waals surface area contributed by atoms with Crippen LogP contribution >= 0.6 is 0 Å². The van der Waals surface area contributed by atoms with Crippen molar-refractivity contribution in [1.82, 2.24) is 14.3 Å². The van der Waals surface area contributed by atoms with Gasteiger partial charge >= 0.3 is 6.18 Å². The Morgan fingerprint density at radius 1 is 0.871 bits per heavy atom. The fourth-order valence-electron chi connectivity index (χ4n) is 4.03. The molecule has 0 radical (unpaired) electrons. The first-order chi connectivity index (χ1) is 14.7. The van der Waals surface area contributed by atoms with E-state index in [9.17, 15) is 21.6 Å². The molecule has 0 unspecified atom stereocenters. The zero-order valence-corrected chi connectivity index (χ0v) is 18.0. The highest BCUT2D eigenvalue weighted by atomic mass is 32.2. The minimum Gasteiger partial charge on any atom is -0.356 e. The molecular weight excluding hydrogens is 431 g/mol. The summed E-state index contributed by atoms with van der Waals surface area (Å²) in [5.41, 5.74) is -1.14. The van der Waals surface area contributed by atoms with Gasteiger partial charge in [0.15, 0.2) is 0 Å². The van der Waals surface area contributed by atoms with Crippen LogP contribution in [0.25, 0.3) is 0 Å². The van der Waals surface area contributed by atoms with Crippen molar-refractivity contribution < 1.29 is 21.6 Å². The Morgan fingerprint density at radius 3 is 2.00 bits per heavy atom. The van der Waals surface area contributed by atoms with Gasteiger partial charge in [0, 0.05) is 45.3 Å². The van der Waals surface area contributed by atoms with Crippen LogP contribution in [-0.4, -0.2) is 62.0 Å². The van der Waals surface area contributed by atoms with E-state index in [1.807, 2.05) is 17.9 Å². The summed E-state index contributed by atoms with van der Waals surface area (Å²) in [6, 6.07) is 6.21. The van der Waals surface area contributed by atoms with E-state index >= 15 is 0 Å². The van der Waals surface area contributed by atoms with Crippen LogP contribution in [0.1, 0.15) is 24.2 Å². The lowest BCUT2D eigenvalue weighted by atomic mass is 10.2. The van der Waals surface area contributed by atoms with E-state index in [2.05, 4.69) is 14.9 Å². The molecule has 0 bridgehead atoms. The molecule has 0 amide bonds. The number of anilines is 2. The van der Waals surface area contributed by atoms with Crippen molar-refractivity contribution in [3.63, 3.8) is 0 Å². The highest BCUT2D eigenvalue weighted by Crippen LogP contribution is 2.35. The predicted octanol–water partition coefficient (Wildman–Crippen LogP) is 2.91. The third kappa shape index (κ3) is 4.47. The van der Waals surface area contributed by atoms with Gasteiger partial charge < -0.3 is 9.80 Å². The standard InChI is InChI=1S/C20H24F3N5O2S/c1-15-24-18(26-8-4-5-9-26)14-19(25-15)27-10-12-28(13-11-27)31(29,30)17-7-3-2-6-16(17)20(21,22)23/h2-3,6-7,14H,4-5,8-13H2,1H3. The normalized spacial score (nSPS) is 18.6. The first-order valence-corrected chi connectivity index (χ1v) is 11.6. The molecule has 0 aliphatic carbocycles. The molecule has 0 atom stereocenters. The summed E-state index contributed by atoms with van der Waals surface area (Å²) in [6.45, 7) is 4.54. The topological polar surface area (TPSA) is 69.6 Å². The van der Waals surface area contributed by atoms with Crippen molar-refractivity contribution in [1.29, 1.82) is 0 Å². The number of benzene rings is 1. The van der Waals surface area contributed by atoms with Gasteiger partial charge in [0.1, 0.15) is 17.5 Å². The second kappa shape index (κ2) is 8.27. The Kier molecular flexibility index (Phi) is 5.82. The SMILES string of the molecule is Cc1nc(N2CCCC2)cc(N2CCN(S(=O)(=O)c3ccccc3C(F)(F)F)CC2)n1. The van der Waals surface area contributed by atoms with Crippen molar-refractivity contribution >= 4 is 21.7 Å². The van der Waals surface area contributed by atoms with Crippen molar-refractivity contribution in [3.8, 4) is 0 Å². The average molecular weight is 456 g/mol. The van der Waals surface area contributed by atoms with E-state index in [0.717, 1.165) is 48.2 Å². The van der Waals surface area contributed by atoms with Gasteiger partial charge in [0.2, 0.25) is 10.0 Å². The van der Waals surface area contributed by atoms with Crippen LogP contribution < -0.4 is 9.80 Å². The number of rotatable bonds is 4. The molecule has 168 valence electrons. The minimum atomic E-state index is -4.74. The molecule has 2 aliphatic heterocycles. The maximum atomic E-state index is 13.3. The lowest BCUT2D eigenvalue weighted by molar-refractivity contribution is -0.139. The van der Waals surface area contributed by atoms with E-state index in [0.29, 0.717) is 24.7 Å². The van der Waals surface area contributed by atoms with Gasteiger partial charge in [0.05, 0.1) is 10.5 Å². The third-order valence-electron chi connectivity index (χ3n) is 5.61. The number of alkyl halides is 3. The summed E-state index contributed by atoms with van der Waals surface area (Å²) in [5.74, 6) is 2.20. The summed E-state index contributed by atoms with van der Waals surface area (Å²) in [4.78, 5) is 12.5. The summed E-state index contributed by atoms with van der Waals surface area (Å²) in [7, 11) is -4.27. The molecule has 2 aliphatic rings. The van der Waals surface area contributed by atoms with Crippen molar-refractivity contribution in [3.05, 3.63) is 41.7 Å². The number of hydrogen-bond donors (Lipinski definition) is 0. The Bertz CT molecular complexity index is 1050. The van der Waals surface area contributed by atoms with Crippen LogP contribution in [0, 0.1) is 6.92 Å². The van der Waals surface area contributed by atoms with Gasteiger partial charge in [-0.05, 0) is 31.9 Å². The average Bonchev–Trinajstić information content (AvgIpc) is 3.28. The van der Waals surface area contributed by atoms with Gasteiger partial charge in [0.25, 0.3) is 0 Å². The lowest BCUT2D eigenvalue weighted by Gasteiger charge is -2.35. The number of hydrogen-bond acceptors (Lipinski definition) is 6. The van der Waals surface area contributed by atoms with Gasteiger partial charge in [-0.15, -0.1) is 0 Å². The molecule has 2 aromatic rings. The summed E-state index contributed by atoms with van der Waals surface area (Å²) in [6.07, 6.45) is -2.50. The fraction of sp³-hybridized carbons (Fsp3) is 0.500.